The van der Waals surface area contributed by atoms with Crippen LogP contribution in [0.15, 0.2) is 29.3 Å². The Hall–Kier alpha value is -1.10. The van der Waals surface area contributed by atoms with Gasteiger partial charge in [-0.2, -0.15) is 0 Å². The van der Waals surface area contributed by atoms with Gasteiger partial charge in [-0.25, -0.2) is 0 Å². The number of rotatable bonds is 11. The third kappa shape index (κ3) is 9.80. The number of ether oxygens (including phenoxy) is 3. The second-order valence-electron chi connectivity index (χ2n) is 7.56. The van der Waals surface area contributed by atoms with E-state index in [-0.39, 0.29) is 24.0 Å². The van der Waals surface area contributed by atoms with Gasteiger partial charge in [0.2, 0.25) is 0 Å². The van der Waals surface area contributed by atoms with Gasteiger partial charge in [0.25, 0.3) is 0 Å². The molecule has 8 heteroatoms. The van der Waals surface area contributed by atoms with Gasteiger partial charge in [-0.05, 0) is 39.4 Å². The summed E-state index contributed by atoms with van der Waals surface area (Å²) < 4.78 is 17.0. The molecule has 0 aromatic heterocycles. The lowest BCUT2D eigenvalue weighted by Crippen LogP contribution is -2.46. The number of guanidine groups is 1. The second kappa shape index (κ2) is 15.7. The topological polar surface area (TPSA) is 58.6 Å². The number of para-hydroxylation sites is 1. The minimum Gasteiger partial charge on any atom is -0.492 e. The van der Waals surface area contributed by atoms with Crippen molar-refractivity contribution in [3.63, 3.8) is 0 Å². The zero-order valence-corrected chi connectivity index (χ0v) is 21.3. The number of likely N-dealkylation sites (tertiary alicyclic amines) is 1. The van der Waals surface area contributed by atoms with Crippen LogP contribution in [0.3, 0.4) is 0 Å². The molecule has 0 unspecified atom stereocenters. The average Bonchev–Trinajstić information content (AvgIpc) is 2.73. The number of hydrogen-bond donors (Lipinski definition) is 1. The van der Waals surface area contributed by atoms with E-state index in [4.69, 9.17) is 14.2 Å². The molecule has 1 fully saturated rings. The largest absolute Gasteiger partial charge is 0.492 e. The fourth-order valence-electron chi connectivity index (χ4n) is 3.32. The molecule has 0 amide bonds. The molecular formula is C22H39IN4O3. The standard InChI is InChI=1S/C22H38N4O3.HI/c1-23-22(26-12-10-20(11-13-26)28-16-7-15-27-4)24-18-19-8-5-6-9-21(19)29-17-14-25(2)3;/h5-6,8-9,20H,7,10-18H2,1-4H3,(H,23,24);1H. The molecule has 0 radical (unpaired) electrons. The Morgan fingerprint density at radius 3 is 2.57 bits per heavy atom. The molecular weight excluding hydrogens is 495 g/mol. The SMILES string of the molecule is CN=C(NCc1ccccc1OCCN(C)C)N1CCC(OCCCOC)CC1.I. The maximum absolute atomic E-state index is 5.97. The first-order valence-corrected chi connectivity index (χ1v) is 10.6. The number of nitrogens with one attached hydrogen (secondary N) is 1. The molecule has 0 spiro atoms. The third-order valence-corrected chi connectivity index (χ3v) is 5.01. The lowest BCUT2D eigenvalue weighted by atomic mass is 10.1. The summed E-state index contributed by atoms with van der Waals surface area (Å²) in [5.74, 6) is 1.87. The monoisotopic (exact) mass is 534 g/mol. The molecule has 172 valence electrons. The molecule has 7 nitrogen and oxygen atoms in total. The summed E-state index contributed by atoms with van der Waals surface area (Å²) in [4.78, 5) is 8.91. The van der Waals surface area contributed by atoms with E-state index in [0.29, 0.717) is 19.3 Å². The molecule has 1 aromatic carbocycles. The van der Waals surface area contributed by atoms with E-state index in [1.807, 2.05) is 25.2 Å². The highest BCUT2D eigenvalue weighted by Crippen LogP contribution is 2.18. The Labute approximate surface area is 199 Å². The molecule has 2 rings (SSSR count). The number of methoxy groups -OCH3 is 1. The Bertz CT molecular complexity index is 608. The van der Waals surface area contributed by atoms with Crippen molar-refractivity contribution in [2.45, 2.75) is 31.9 Å². The van der Waals surface area contributed by atoms with Crippen molar-refractivity contribution in [3.05, 3.63) is 29.8 Å². The number of benzene rings is 1. The van der Waals surface area contributed by atoms with E-state index < -0.39 is 0 Å². The van der Waals surface area contributed by atoms with E-state index in [9.17, 15) is 0 Å². The summed E-state index contributed by atoms with van der Waals surface area (Å²) in [6, 6.07) is 8.19. The second-order valence-corrected chi connectivity index (χ2v) is 7.56. The van der Waals surface area contributed by atoms with Crippen LogP contribution in [0.25, 0.3) is 0 Å². The summed E-state index contributed by atoms with van der Waals surface area (Å²) in [7, 11) is 7.67. The fraction of sp³-hybridized carbons (Fsp3) is 0.682. The summed E-state index contributed by atoms with van der Waals surface area (Å²) in [5, 5.41) is 3.50. The van der Waals surface area contributed by atoms with E-state index in [2.05, 4.69) is 40.3 Å². The number of halogens is 1. The van der Waals surface area contributed by atoms with Gasteiger partial charge in [-0.3, -0.25) is 4.99 Å². The first-order valence-electron chi connectivity index (χ1n) is 10.6. The molecule has 1 aromatic rings. The first kappa shape index (κ1) is 26.9. The minimum atomic E-state index is 0. The van der Waals surface area contributed by atoms with E-state index in [1.165, 1.54) is 0 Å². The number of hydrogen-bond acceptors (Lipinski definition) is 5. The van der Waals surface area contributed by atoms with E-state index >= 15 is 0 Å². The Balaban J connectivity index is 0.00000450. The first-order chi connectivity index (χ1) is 14.1. The summed E-state index contributed by atoms with van der Waals surface area (Å²) in [6.45, 7) is 5.71. The number of nitrogens with zero attached hydrogens (tertiary/aromatic N) is 3. The van der Waals surface area contributed by atoms with Crippen molar-refractivity contribution in [1.29, 1.82) is 0 Å². The van der Waals surface area contributed by atoms with Gasteiger partial charge in [0.05, 0.1) is 6.10 Å². The summed E-state index contributed by atoms with van der Waals surface area (Å²) in [5.41, 5.74) is 1.14. The molecule has 0 aliphatic carbocycles. The van der Waals surface area contributed by atoms with Gasteiger partial charge in [0.1, 0.15) is 12.4 Å². The van der Waals surface area contributed by atoms with Crippen LogP contribution in [0.2, 0.25) is 0 Å². The smallest absolute Gasteiger partial charge is 0.193 e. The van der Waals surface area contributed by atoms with Crippen LogP contribution in [0.4, 0.5) is 0 Å². The Kier molecular flexibility index (Phi) is 14.1. The number of likely N-dealkylation sites (N-methyl/N-ethyl adjacent to an activating group) is 1. The fourth-order valence-corrected chi connectivity index (χ4v) is 3.32. The van der Waals surface area contributed by atoms with Crippen LogP contribution in [0.5, 0.6) is 5.75 Å². The van der Waals surface area contributed by atoms with Gasteiger partial charge in [0, 0.05) is 59.1 Å². The summed E-state index contributed by atoms with van der Waals surface area (Å²) >= 11 is 0. The van der Waals surface area contributed by atoms with Crippen molar-refractivity contribution in [2.75, 3.05) is 67.7 Å². The predicted molar refractivity (Wildman–Crippen MR) is 133 cm³/mol. The van der Waals surface area contributed by atoms with Crippen LogP contribution >= 0.6 is 24.0 Å². The summed E-state index contributed by atoms with van der Waals surface area (Å²) in [6.07, 6.45) is 3.35. The lowest BCUT2D eigenvalue weighted by molar-refractivity contribution is 0.00989. The molecule has 1 aliphatic rings. The normalized spacial score (nSPS) is 15.2. The lowest BCUT2D eigenvalue weighted by Gasteiger charge is -2.34. The van der Waals surface area contributed by atoms with Crippen molar-refractivity contribution < 1.29 is 14.2 Å². The number of aliphatic imine (C=N–C) groups is 1. The predicted octanol–water partition coefficient (Wildman–Crippen LogP) is 2.84. The van der Waals surface area contributed by atoms with Crippen LogP contribution in [0.1, 0.15) is 24.8 Å². The molecule has 0 atom stereocenters. The van der Waals surface area contributed by atoms with Crippen LogP contribution < -0.4 is 10.1 Å². The maximum Gasteiger partial charge on any atom is 0.193 e. The van der Waals surface area contributed by atoms with Crippen LogP contribution in [-0.2, 0) is 16.0 Å². The molecule has 1 heterocycles. The van der Waals surface area contributed by atoms with Gasteiger partial charge in [0.15, 0.2) is 5.96 Å². The highest BCUT2D eigenvalue weighted by molar-refractivity contribution is 14.0. The Morgan fingerprint density at radius 1 is 1.17 bits per heavy atom. The van der Waals surface area contributed by atoms with Gasteiger partial charge in [-0.15, -0.1) is 24.0 Å². The molecule has 0 saturated carbocycles. The zero-order valence-electron chi connectivity index (χ0n) is 18.9. The molecule has 1 N–H and O–H groups in total. The Morgan fingerprint density at radius 2 is 1.90 bits per heavy atom. The van der Waals surface area contributed by atoms with Crippen molar-refractivity contribution >= 4 is 29.9 Å². The van der Waals surface area contributed by atoms with Gasteiger partial charge >= 0.3 is 0 Å². The zero-order chi connectivity index (χ0) is 20.9. The van der Waals surface area contributed by atoms with Gasteiger partial charge < -0.3 is 29.3 Å². The molecule has 30 heavy (non-hydrogen) atoms. The molecule has 0 bridgehead atoms. The highest BCUT2D eigenvalue weighted by Gasteiger charge is 2.22. The van der Waals surface area contributed by atoms with Crippen LogP contribution in [0, 0.1) is 0 Å². The highest BCUT2D eigenvalue weighted by atomic mass is 127. The van der Waals surface area contributed by atoms with Gasteiger partial charge in [-0.1, -0.05) is 18.2 Å². The quantitative estimate of drug-likeness (QED) is 0.204. The molecule has 1 aliphatic heterocycles. The third-order valence-electron chi connectivity index (χ3n) is 5.01. The average molecular weight is 534 g/mol. The minimum absolute atomic E-state index is 0. The van der Waals surface area contributed by atoms with Crippen molar-refractivity contribution in [1.82, 2.24) is 15.1 Å². The maximum atomic E-state index is 5.97. The molecule has 1 saturated heterocycles. The van der Waals surface area contributed by atoms with Crippen molar-refractivity contribution in [3.8, 4) is 5.75 Å². The van der Waals surface area contributed by atoms with Crippen LogP contribution in [-0.4, -0.2) is 89.6 Å². The number of piperidine rings is 1. The van der Waals surface area contributed by atoms with Crippen molar-refractivity contribution in [2.24, 2.45) is 4.99 Å². The van der Waals surface area contributed by atoms with E-state index in [1.54, 1.807) is 7.11 Å². The van der Waals surface area contributed by atoms with E-state index in [0.717, 1.165) is 69.4 Å².